The van der Waals surface area contributed by atoms with Gasteiger partial charge in [0.2, 0.25) is 0 Å². The highest BCUT2D eigenvalue weighted by Gasteiger charge is 2.24. The van der Waals surface area contributed by atoms with Crippen LogP contribution in [-0.2, 0) is 14.4 Å². The average molecular weight is 425 g/mol. The van der Waals surface area contributed by atoms with Gasteiger partial charge in [0.05, 0.1) is 32.7 Å². The Morgan fingerprint density at radius 1 is 0.586 bits per heavy atom. The number of unbranched alkanes of at least 4 members (excludes halogenated alkanes) is 6. The van der Waals surface area contributed by atoms with E-state index in [1.54, 1.807) is 0 Å². The van der Waals surface area contributed by atoms with Crippen molar-refractivity contribution < 1.29 is 45.0 Å². The van der Waals surface area contributed by atoms with Crippen LogP contribution in [0.25, 0.3) is 0 Å². The first-order chi connectivity index (χ1) is 13.6. The molecule has 0 unspecified atom stereocenters. The zero-order chi connectivity index (χ0) is 23.1. The van der Waals surface area contributed by atoms with Gasteiger partial charge in [0.25, 0.3) is 0 Å². The number of carbonyl (C=O) groups is 3. The van der Waals surface area contributed by atoms with E-state index in [4.69, 9.17) is 30.6 Å². The first-order valence-electron chi connectivity index (χ1n) is 10.1. The highest BCUT2D eigenvalue weighted by molar-refractivity contribution is 5.75. The van der Waals surface area contributed by atoms with Gasteiger partial charge in [0, 0.05) is 11.8 Å². The van der Waals surface area contributed by atoms with Crippen LogP contribution in [0.15, 0.2) is 0 Å². The maximum atomic E-state index is 10.1. The molecule has 174 valence electrons. The number of hydrogen-bond acceptors (Lipinski definition) is 6. The quantitative estimate of drug-likeness (QED) is 0.216. The molecule has 0 rings (SSSR count). The summed E-state index contributed by atoms with van der Waals surface area (Å²) >= 11 is 0. The Morgan fingerprint density at radius 2 is 0.931 bits per heavy atom. The smallest absolute Gasteiger partial charge is 0.303 e. The zero-order valence-electron chi connectivity index (χ0n) is 17.8. The third-order valence-corrected chi connectivity index (χ3v) is 4.30. The molecule has 0 saturated heterocycles. The van der Waals surface area contributed by atoms with Crippen LogP contribution in [0.3, 0.4) is 0 Å². The van der Waals surface area contributed by atoms with E-state index in [9.17, 15) is 14.4 Å². The van der Waals surface area contributed by atoms with Crippen molar-refractivity contribution >= 4 is 17.9 Å². The minimum absolute atomic E-state index is 0.156. The van der Waals surface area contributed by atoms with Gasteiger partial charge in [0.1, 0.15) is 0 Å². The summed E-state index contributed by atoms with van der Waals surface area (Å²) in [5.74, 6) is -2.82. The van der Waals surface area contributed by atoms with Crippen LogP contribution in [0.4, 0.5) is 0 Å². The number of aliphatic hydroxyl groups is 3. The van der Waals surface area contributed by atoms with Crippen LogP contribution in [0.2, 0.25) is 0 Å². The first-order valence-corrected chi connectivity index (χ1v) is 10.1. The van der Waals surface area contributed by atoms with Gasteiger partial charge in [-0.05, 0) is 12.8 Å². The van der Waals surface area contributed by atoms with Crippen molar-refractivity contribution in [3.8, 4) is 0 Å². The van der Waals surface area contributed by atoms with E-state index < -0.39 is 23.3 Å². The van der Waals surface area contributed by atoms with E-state index >= 15 is 0 Å². The van der Waals surface area contributed by atoms with Crippen molar-refractivity contribution in [3.05, 3.63) is 0 Å². The molecule has 9 heteroatoms. The Hall–Kier alpha value is -1.71. The van der Waals surface area contributed by atoms with Gasteiger partial charge < -0.3 is 30.6 Å². The van der Waals surface area contributed by atoms with Gasteiger partial charge in [-0.3, -0.25) is 14.4 Å². The molecule has 0 radical (unpaired) electrons. The van der Waals surface area contributed by atoms with Crippen LogP contribution >= 0.6 is 0 Å². The zero-order valence-corrected chi connectivity index (χ0v) is 17.8. The molecule has 0 aliphatic rings. The molecule has 0 spiro atoms. The van der Waals surface area contributed by atoms with Gasteiger partial charge in [-0.25, -0.2) is 0 Å². The number of aliphatic carboxylic acids is 3. The fourth-order valence-electron chi connectivity index (χ4n) is 1.93. The lowest BCUT2D eigenvalue weighted by Gasteiger charge is -2.24. The highest BCUT2D eigenvalue weighted by atomic mass is 16.4. The van der Waals surface area contributed by atoms with E-state index in [1.807, 2.05) is 6.92 Å². The minimum Gasteiger partial charge on any atom is -0.481 e. The predicted octanol–water partition coefficient (Wildman–Crippen LogP) is 2.51. The molecule has 0 aromatic rings. The molecule has 0 aliphatic heterocycles. The van der Waals surface area contributed by atoms with E-state index in [0.29, 0.717) is 12.8 Å². The van der Waals surface area contributed by atoms with Crippen LogP contribution in [-0.4, -0.2) is 68.4 Å². The number of carboxylic acids is 3. The summed E-state index contributed by atoms with van der Waals surface area (Å²) in [7, 11) is 0. The lowest BCUT2D eigenvalue weighted by atomic mass is 9.88. The first kappa shape index (κ1) is 32.0. The Labute approximate surface area is 173 Å². The van der Waals surface area contributed by atoms with Gasteiger partial charge in [-0.15, -0.1) is 0 Å². The molecule has 0 fully saturated rings. The molecule has 9 nitrogen and oxygen atoms in total. The third kappa shape index (κ3) is 26.3. The third-order valence-electron chi connectivity index (χ3n) is 4.30. The van der Waals surface area contributed by atoms with Crippen molar-refractivity contribution in [3.63, 3.8) is 0 Å². The lowest BCUT2D eigenvalue weighted by Crippen LogP contribution is -2.32. The summed E-state index contributed by atoms with van der Waals surface area (Å²) < 4.78 is 0. The fourth-order valence-corrected chi connectivity index (χ4v) is 1.93. The normalized spacial score (nSPS) is 10.2. The maximum absolute atomic E-state index is 10.1. The lowest BCUT2D eigenvalue weighted by molar-refractivity contribution is -0.143. The molecule has 0 aromatic heterocycles. The number of aliphatic hydroxyl groups excluding tert-OH is 3. The molecule has 6 N–H and O–H groups in total. The molecule has 0 aromatic carbocycles. The fraction of sp³-hybridized carbons (Fsp3) is 0.850. The Morgan fingerprint density at radius 3 is 1.17 bits per heavy atom. The predicted molar refractivity (Wildman–Crippen MR) is 109 cm³/mol. The summed E-state index contributed by atoms with van der Waals surface area (Å²) in [6.07, 6.45) is 8.64. The molecule has 0 amide bonds. The van der Waals surface area contributed by atoms with Gasteiger partial charge in [-0.1, -0.05) is 52.4 Å². The molecular formula is C20H40O9. The van der Waals surface area contributed by atoms with Crippen molar-refractivity contribution in [1.29, 1.82) is 0 Å². The second-order valence-corrected chi connectivity index (χ2v) is 6.88. The molecule has 29 heavy (non-hydrogen) atoms. The second-order valence-electron chi connectivity index (χ2n) is 6.88. The summed E-state index contributed by atoms with van der Waals surface area (Å²) in [4.78, 5) is 29.4. The van der Waals surface area contributed by atoms with Gasteiger partial charge in [-0.2, -0.15) is 0 Å². The van der Waals surface area contributed by atoms with E-state index in [1.165, 1.54) is 32.1 Å². The van der Waals surface area contributed by atoms with Crippen molar-refractivity contribution in [1.82, 2.24) is 0 Å². The summed E-state index contributed by atoms with van der Waals surface area (Å²) in [6, 6.07) is 0. The minimum atomic E-state index is -1.08. The Bertz CT molecular complexity index is 375. The molecule has 0 bridgehead atoms. The van der Waals surface area contributed by atoms with Crippen LogP contribution < -0.4 is 0 Å². The number of carboxylic acid groups (broad SMARTS) is 3. The Balaban J connectivity index is -0.000000359. The second kappa shape index (κ2) is 22.6. The summed E-state index contributed by atoms with van der Waals surface area (Å²) in [5, 5.41) is 50.1. The summed E-state index contributed by atoms with van der Waals surface area (Å²) in [5.41, 5.74) is -0.667. The number of hydrogen-bond donors (Lipinski definition) is 6. The van der Waals surface area contributed by atoms with Gasteiger partial charge >= 0.3 is 17.9 Å². The molecule has 0 aliphatic carbocycles. The van der Waals surface area contributed by atoms with E-state index in [2.05, 4.69) is 6.92 Å². The maximum Gasteiger partial charge on any atom is 0.303 e. The van der Waals surface area contributed by atoms with E-state index in [0.717, 1.165) is 12.8 Å². The molecule has 0 atom stereocenters. The SMILES string of the molecule is CCC(CO)(CO)CO.CCCCCCCCCC(=O)O.O=C(O)CCC(=O)O. The molecule has 0 saturated carbocycles. The average Bonchev–Trinajstić information content (AvgIpc) is 2.69. The number of rotatable bonds is 15. The van der Waals surface area contributed by atoms with Crippen LogP contribution in [0.5, 0.6) is 0 Å². The Kier molecular flexibility index (Phi) is 24.9. The highest BCUT2D eigenvalue weighted by Crippen LogP contribution is 2.18. The monoisotopic (exact) mass is 424 g/mol. The van der Waals surface area contributed by atoms with Crippen molar-refractivity contribution in [2.45, 2.75) is 84.5 Å². The van der Waals surface area contributed by atoms with Crippen LogP contribution in [0.1, 0.15) is 84.5 Å². The van der Waals surface area contributed by atoms with Crippen LogP contribution in [0, 0.1) is 5.41 Å². The molecular weight excluding hydrogens is 384 g/mol. The standard InChI is InChI=1S/C10H20O2.C6H14O3.C4H6O4/c1-2-3-4-5-6-7-8-9-10(11)12;1-2-6(3-7,4-8)5-9;5-3(6)1-2-4(7)8/h2-9H2,1H3,(H,11,12);7-9H,2-5H2,1H3;1-2H2,(H,5,6)(H,7,8). The van der Waals surface area contributed by atoms with Gasteiger partial charge in [0.15, 0.2) is 0 Å². The van der Waals surface area contributed by atoms with Crippen molar-refractivity contribution in [2.75, 3.05) is 19.8 Å². The summed E-state index contributed by atoms with van der Waals surface area (Å²) in [6.45, 7) is 3.55. The molecule has 0 heterocycles. The largest absolute Gasteiger partial charge is 0.481 e. The van der Waals surface area contributed by atoms with Crippen molar-refractivity contribution in [2.24, 2.45) is 5.41 Å². The van der Waals surface area contributed by atoms with E-state index in [-0.39, 0.29) is 32.7 Å². The topological polar surface area (TPSA) is 173 Å².